The summed E-state index contributed by atoms with van der Waals surface area (Å²) in [5.41, 5.74) is -0.768. The Bertz CT molecular complexity index is 455. The summed E-state index contributed by atoms with van der Waals surface area (Å²) in [6.45, 7) is 14.1. The van der Waals surface area contributed by atoms with Crippen molar-refractivity contribution in [3.8, 4) is 0 Å². The fraction of sp³-hybridized carbons (Fsp3) is 0.765. The molecule has 0 aliphatic heterocycles. The zero-order valence-corrected chi connectivity index (χ0v) is 17.0. The number of nitrogens with one attached hydrogen (secondary N) is 1. The Balaban J connectivity index is 5.36. The summed E-state index contributed by atoms with van der Waals surface area (Å²) in [4.78, 5) is 24.1. The first-order valence-corrected chi connectivity index (χ1v) is 9.23. The molecule has 0 radical (unpaired) electrons. The number of carbonyl (C=O) groups is 2. The molecule has 146 valence electrons. The highest BCUT2D eigenvalue weighted by Crippen LogP contribution is 2.19. The molecular formula is C17H31NO6S. The van der Waals surface area contributed by atoms with Gasteiger partial charge in [0.2, 0.25) is 6.10 Å². The van der Waals surface area contributed by atoms with Crippen LogP contribution in [0.5, 0.6) is 0 Å². The van der Waals surface area contributed by atoms with Crippen molar-refractivity contribution in [1.82, 2.24) is 4.72 Å². The van der Waals surface area contributed by atoms with Crippen LogP contribution in [0.1, 0.15) is 54.4 Å². The van der Waals surface area contributed by atoms with Gasteiger partial charge in [-0.2, -0.15) is 0 Å². The van der Waals surface area contributed by atoms with Crippen molar-refractivity contribution >= 4 is 23.5 Å². The van der Waals surface area contributed by atoms with Gasteiger partial charge in [-0.1, -0.05) is 6.08 Å². The maximum absolute atomic E-state index is 12.4. The second-order valence-electron chi connectivity index (χ2n) is 7.50. The van der Waals surface area contributed by atoms with E-state index < -0.39 is 46.0 Å². The van der Waals surface area contributed by atoms with Gasteiger partial charge in [0.05, 0.1) is 7.11 Å². The highest BCUT2D eigenvalue weighted by molar-refractivity contribution is 7.90. The van der Waals surface area contributed by atoms with Crippen molar-refractivity contribution in [2.24, 2.45) is 0 Å². The van der Waals surface area contributed by atoms with E-state index in [1.165, 1.54) is 7.11 Å². The Kier molecular flexibility index (Phi) is 9.53. The zero-order chi connectivity index (χ0) is 19.8. The van der Waals surface area contributed by atoms with Crippen LogP contribution >= 0.6 is 0 Å². The number of rotatable bonds is 8. The average molecular weight is 378 g/mol. The topological polar surface area (TPSA) is 96.9 Å². The van der Waals surface area contributed by atoms with Gasteiger partial charge in [0.15, 0.2) is 0 Å². The van der Waals surface area contributed by atoms with Crippen LogP contribution in [0.4, 0.5) is 4.79 Å². The Morgan fingerprint density at radius 1 is 1.24 bits per heavy atom. The van der Waals surface area contributed by atoms with E-state index in [1.54, 1.807) is 47.6 Å². The summed E-state index contributed by atoms with van der Waals surface area (Å²) in [6.07, 6.45) is 0.301. The quantitative estimate of drug-likeness (QED) is 0.394. The van der Waals surface area contributed by atoms with Crippen LogP contribution in [0.15, 0.2) is 12.7 Å². The summed E-state index contributed by atoms with van der Waals surface area (Å²) in [7, 11) is 1.19. The number of methoxy groups -OCH3 is 1. The van der Waals surface area contributed by atoms with Gasteiger partial charge in [0, 0.05) is 11.4 Å². The Morgan fingerprint density at radius 2 is 1.80 bits per heavy atom. The van der Waals surface area contributed by atoms with Gasteiger partial charge in [-0.05, 0) is 54.4 Å². The largest absolute Gasteiger partial charge is 0.598 e. The number of ether oxygens (including phenoxy) is 3. The van der Waals surface area contributed by atoms with Crippen molar-refractivity contribution in [3.05, 3.63) is 12.7 Å². The van der Waals surface area contributed by atoms with Crippen LogP contribution in [0.3, 0.4) is 0 Å². The van der Waals surface area contributed by atoms with Crippen LogP contribution in [-0.2, 0) is 30.4 Å². The molecule has 0 saturated heterocycles. The summed E-state index contributed by atoms with van der Waals surface area (Å²) >= 11 is -1.47. The summed E-state index contributed by atoms with van der Waals surface area (Å²) in [5.74, 6) is -0.752. The fourth-order valence-corrected chi connectivity index (χ4v) is 2.54. The number of esters is 1. The lowest BCUT2D eigenvalue weighted by Gasteiger charge is -2.31. The summed E-state index contributed by atoms with van der Waals surface area (Å²) in [5, 5.41) is 0. The van der Waals surface area contributed by atoms with E-state index in [-0.39, 0.29) is 0 Å². The van der Waals surface area contributed by atoms with E-state index in [0.29, 0.717) is 12.8 Å². The van der Waals surface area contributed by atoms with Crippen LogP contribution in [0.2, 0.25) is 0 Å². The molecule has 0 fully saturated rings. The molecule has 0 aromatic rings. The molecule has 25 heavy (non-hydrogen) atoms. The average Bonchev–Trinajstić information content (AvgIpc) is 2.45. The number of hydrogen-bond donors (Lipinski definition) is 1. The number of allylic oxidation sites excluding steroid dienone is 1. The van der Waals surface area contributed by atoms with Gasteiger partial charge >= 0.3 is 12.1 Å². The van der Waals surface area contributed by atoms with E-state index in [1.807, 2.05) is 0 Å². The van der Waals surface area contributed by atoms with Crippen LogP contribution in [-0.4, -0.2) is 46.3 Å². The molecule has 1 N–H and O–H groups in total. The van der Waals surface area contributed by atoms with E-state index in [0.717, 1.165) is 0 Å². The molecule has 0 unspecified atom stereocenters. The van der Waals surface area contributed by atoms with Crippen molar-refractivity contribution in [2.45, 2.75) is 76.9 Å². The molecule has 0 aliphatic carbocycles. The van der Waals surface area contributed by atoms with Crippen LogP contribution in [0, 0.1) is 0 Å². The third kappa shape index (κ3) is 9.72. The molecule has 0 amide bonds. The molecule has 3 atom stereocenters. The van der Waals surface area contributed by atoms with Gasteiger partial charge < -0.3 is 18.8 Å². The van der Waals surface area contributed by atoms with Crippen molar-refractivity contribution in [1.29, 1.82) is 0 Å². The third-order valence-electron chi connectivity index (χ3n) is 2.91. The summed E-state index contributed by atoms with van der Waals surface area (Å²) < 4.78 is 29.7. The maximum atomic E-state index is 12.4. The van der Waals surface area contributed by atoms with Crippen LogP contribution < -0.4 is 4.72 Å². The highest BCUT2D eigenvalue weighted by Gasteiger charge is 2.39. The monoisotopic (exact) mass is 377 g/mol. The highest BCUT2D eigenvalue weighted by atomic mass is 32.2. The molecule has 0 rings (SSSR count). The van der Waals surface area contributed by atoms with E-state index >= 15 is 0 Å². The molecular weight excluding hydrogens is 346 g/mol. The fourth-order valence-electron chi connectivity index (χ4n) is 1.67. The first-order chi connectivity index (χ1) is 11.3. The minimum atomic E-state index is -1.47. The Labute approximate surface area is 153 Å². The van der Waals surface area contributed by atoms with Crippen LogP contribution in [0.25, 0.3) is 0 Å². The van der Waals surface area contributed by atoms with E-state index in [4.69, 9.17) is 14.2 Å². The van der Waals surface area contributed by atoms with Crippen molar-refractivity contribution in [3.63, 3.8) is 0 Å². The lowest BCUT2D eigenvalue weighted by Crippen LogP contribution is -2.53. The van der Waals surface area contributed by atoms with Gasteiger partial charge in [-0.15, -0.1) is 11.3 Å². The first kappa shape index (κ1) is 23.8. The molecule has 0 aromatic carbocycles. The van der Waals surface area contributed by atoms with Gasteiger partial charge in [0.25, 0.3) is 0 Å². The molecule has 0 spiro atoms. The molecule has 0 bridgehead atoms. The predicted octanol–water partition coefficient (Wildman–Crippen LogP) is 2.87. The first-order valence-electron chi connectivity index (χ1n) is 8.08. The lowest BCUT2D eigenvalue weighted by atomic mass is 10.1. The third-order valence-corrected chi connectivity index (χ3v) is 4.54. The molecule has 7 nitrogen and oxygen atoms in total. The SMILES string of the molecule is C=CCC[C@@H](N[S@@+]([O-])C(C)(C)C)[C@H](OC(=O)OC(C)(C)C)C(=O)OC. The lowest BCUT2D eigenvalue weighted by molar-refractivity contribution is -0.154. The normalized spacial score (nSPS) is 15.7. The predicted molar refractivity (Wildman–Crippen MR) is 97.4 cm³/mol. The standard InChI is InChI=1S/C17H31NO6S/c1-9-10-11-12(18-25(21)17(5,6)7)13(14(19)22-8)23-15(20)24-16(2,3)4/h9,12-13,18H,1,10-11H2,2-8H3/t12-,13+,25+/m1/s1. The van der Waals surface area contributed by atoms with E-state index in [9.17, 15) is 14.1 Å². The smallest absolute Gasteiger partial charge is 0.509 e. The zero-order valence-electron chi connectivity index (χ0n) is 16.2. The molecule has 0 heterocycles. The molecule has 0 aromatic heterocycles. The maximum Gasteiger partial charge on any atom is 0.509 e. The second kappa shape index (κ2) is 10.0. The minimum absolute atomic E-state index is 0.383. The molecule has 8 heteroatoms. The molecule has 0 saturated carbocycles. The Hall–Kier alpha value is -1.25. The second-order valence-corrected chi connectivity index (χ2v) is 9.50. The Morgan fingerprint density at radius 3 is 2.20 bits per heavy atom. The number of carbonyl (C=O) groups excluding carboxylic acids is 2. The molecule has 0 aliphatic rings. The number of hydrogen-bond acceptors (Lipinski definition) is 7. The van der Waals surface area contributed by atoms with Crippen molar-refractivity contribution < 1.29 is 28.4 Å². The van der Waals surface area contributed by atoms with Gasteiger partial charge in [-0.25, -0.2) is 9.59 Å². The minimum Gasteiger partial charge on any atom is -0.598 e. The van der Waals surface area contributed by atoms with E-state index in [2.05, 4.69) is 11.3 Å². The summed E-state index contributed by atoms with van der Waals surface area (Å²) in [6, 6.07) is -0.710. The van der Waals surface area contributed by atoms with Crippen molar-refractivity contribution in [2.75, 3.05) is 7.11 Å². The van der Waals surface area contributed by atoms with Gasteiger partial charge in [-0.3, -0.25) is 0 Å². The van der Waals surface area contributed by atoms with Gasteiger partial charge in [0.1, 0.15) is 16.4 Å².